The molecule has 20 heavy (non-hydrogen) atoms. The van der Waals surface area contributed by atoms with Crippen molar-refractivity contribution in [2.75, 3.05) is 6.56 Å². The monoisotopic (exact) mass is 278 g/mol. The number of esters is 1. The molecule has 1 aliphatic carbocycles. The van der Waals surface area contributed by atoms with E-state index in [0.717, 1.165) is 11.1 Å². The van der Waals surface area contributed by atoms with Gasteiger partial charge in [0.2, 0.25) is 0 Å². The SMILES string of the molecule is [2H]C([2H])([2H])C1([2H])c2cc3c(cc2C(=O)OC1([2H])[2H])C(C)(C)C(C)C3(C)C. The zero-order chi connectivity index (χ0) is 20.1. The Morgan fingerprint density at radius 1 is 1.30 bits per heavy atom. The highest BCUT2D eigenvalue weighted by Crippen LogP contribution is 2.54. The number of hydrogen-bond acceptors (Lipinski definition) is 2. The van der Waals surface area contributed by atoms with Crippen LogP contribution in [-0.4, -0.2) is 12.5 Å². The second-order valence-electron chi connectivity index (χ2n) is 6.98. The van der Waals surface area contributed by atoms with Crippen LogP contribution in [0.15, 0.2) is 12.1 Å². The number of ether oxygens (including phenoxy) is 1. The van der Waals surface area contributed by atoms with Gasteiger partial charge >= 0.3 is 5.97 Å². The highest BCUT2D eigenvalue weighted by atomic mass is 16.5. The van der Waals surface area contributed by atoms with E-state index >= 15 is 0 Å². The molecule has 0 bridgehead atoms. The van der Waals surface area contributed by atoms with E-state index in [9.17, 15) is 4.79 Å². The number of carbonyl (C=O) groups excluding carboxylic acids is 1. The third-order valence-electron chi connectivity index (χ3n) is 5.45. The van der Waals surface area contributed by atoms with E-state index in [1.165, 1.54) is 0 Å². The van der Waals surface area contributed by atoms with Gasteiger partial charge in [0.1, 0.15) is 0 Å². The molecule has 0 fully saturated rings. The van der Waals surface area contributed by atoms with Crippen LogP contribution in [0.25, 0.3) is 0 Å². The predicted octanol–water partition coefficient (Wildman–Crippen LogP) is 4.17. The third kappa shape index (κ3) is 1.54. The Kier molecular flexibility index (Phi) is 1.59. The van der Waals surface area contributed by atoms with Gasteiger partial charge in [-0.05, 0) is 39.5 Å². The first kappa shape index (κ1) is 8.21. The molecule has 108 valence electrons. The van der Waals surface area contributed by atoms with Gasteiger partial charge in [0.05, 0.1) is 14.9 Å². The van der Waals surface area contributed by atoms with E-state index in [0.29, 0.717) is 0 Å². The summed E-state index contributed by atoms with van der Waals surface area (Å²) in [6.45, 7) is 4.38. The van der Waals surface area contributed by atoms with Gasteiger partial charge in [-0.25, -0.2) is 4.79 Å². The van der Waals surface area contributed by atoms with Gasteiger partial charge in [-0.3, -0.25) is 0 Å². The minimum Gasteiger partial charge on any atom is -0.461 e. The molecule has 2 nitrogen and oxygen atoms in total. The molecular weight excluding hydrogens is 248 g/mol. The lowest BCUT2D eigenvalue weighted by Crippen LogP contribution is -2.30. The van der Waals surface area contributed by atoms with E-state index in [1.807, 2.05) is 13.8 Å². The maximum absolute atomic E-state index is 12.4. The lowest BCUT2D eigenvalue weighted by molar-refractivity contribution is 0.0448. The zero-order valence-corrected chi connectivity index (χ0v) is 12.5. The second-order valence-corrected chi connectivity index (χ2v) is 6.98. The van der Waals surface area contributed by atoms with Gasteiger partial charge in [0.25, 0.3) is 0 Å². The van der Waals surface area contributed by atoms with Crippen molar-refractivity contribution in [1.82, 2.24) is 0 Å². The van der Waals surface area contributed by atoms with Crippen LogP contribution in [0.5, 0.6) is 0 Å². The number of rotatable bonds is 0. The fraction of sp³-hybridized carbons (Fsp3) is 0.611. The Balaban J connectivity index is 2.42. The van der Waals surface area contributed by atoms with E-state index in [2.05, 4.69) is 20.8 Å². The molecule has 1 aromatic carbocycles. The number of carbonyl (C=O) groups is 1. The maximum atomic E-state index is 12.4. The summed E-state index contributed by atoms with van der Waals surface area (Å²) in [5, 5.41) is 0. The Labute approximate surface area is 130 Å². The van der Waals surface area contributed by atoms with E-state index in [1.54, 1.807) is 12.1 Å². The van der Waals surface area contributed by atoms with Crippen molar-refractivity contribution in [3.05, 3.63) is 34.4 Å². The summed E-state index contributed by atoms with van der Waals surface area (Å²) in [6, 6.07) is 3.18. The van der Waals surface area contributed by atoms with Gasteiger partial charge in [-0.1, -0.05) is 47.5 Å². The Morgan fingerprint density at radius 3 is 2.50 bits per heavy atom. The number of cyclic esters (lactones) is 1. The van der Waals surface area contributed by atoms with Crippen LogP contribution in [0.1, 0.15) is 82.6 Å². The Hall–Kier alpha value is -1.31. The Morgan fingerprint density at radius 2 is 1.90 bits per heavy atom. The molecule has 2 unspecified atom stereocenters. The summed E-state index contributed by atoms with van der Waals surface area (Å²) in [7, 11) is 0. The first-order chi connectivity index (χ1) is 11.5. The molecule has 0 saturated heterocycles. The van der Waals surface area contributed by atoms with Crippen molar-refractivity contribution >= 4 is 5.97 Å². The minimum atomic E-state index is -3.01. The van der Waals surface area contributed by atoms with Crippen LogP contribution < -0.4 is 0 Å². The lowest BCUT2D eigenvalue weighted by atomic mass is 9.71. The van der Waals surface area contributed by atoms with Crippen molar-refractivity contribution in [2.24, 2.45) is 5.92 Å². The molecule has 0 N–H and O–H groups in total. The van der Waals surface area contributed by atoms with E-state index < -0.39 is 25.3 Å². The van der Waals surface area contributed by atoms with Crippen molar-refractivity contribution in [3.8, 4) is 0 Å². The van der Waals surface area contributed by atoms with Crippen LogP contribution in [-0.2, 0) is 15.6 Å². The molecule has 1 aromatic rings. The fourth-order valence-corrected chi connectivity index (χ4v) is 3.62. The van der Waals surface area contributed by atoms with Crippen LogP contribution in [0.3, 0.4) is 0 Å². The van der Waals surface area contributed by atoms with Crippen molar-refractivity contribution in [3.63, 3.8) is 0 Å². The number of benzene rings is 1. The van der Waals surface area contributed by atoms with Gasteiger partial charge < -0.3 is 4.74 Å². The first-order valence-corrected chi connectivity index (χ1v) is 6.92. The highest BCUT2D eigenvalue weighted by Gasteiger charge is 2.49. The van der Waals surface area contributed by atoms with Gasteiger partial charge in [0.15, 0.2) is 0 Å². The quantitative estimate of drug-likeness (QED) is 0.666. The molecule has 0 aromatic heterocycles. The normalized spacial score (nSPS) is 40.9. The third-order valence-corrected chi connectivity index (χ3v) is 5.45. The summed E-state index contributed by atoms with van der Waals surface area (Å²) in [5.74, 6) is -3.41. The fourth-order valence-electron chi connectivity index (χ4n) is 3.62. The summed E-state index contributed by atoms with van der Waals surface area (Å²) in [6.07, 6.45) is 0. The average Bonchev–Trinajstić information content (AvgIpc) is 2.60. The molecular formula is C18H24O2. The molecule has 0 saturated carbocycles. The summed E-state index contributed by atoms with van der Waals surface area (Å²) < 4.78 is 52.8. The average molecular weight is 278 g/mol. The molecule has 0 amide bonds. The summed E-state index contributed by atoms with van der Waals surface area (Å²) in [5.41, 5.74) is 1.08. The molecule has 2 atom stereocenters. The summed E-state index contributed by atoms with van der Waals surface area (Å²) in [4.78, 5) is 12.4. The number of fused-ring (bicyclic) bond motifs is 2. The van der Waals surface area contributed by atoms with Crippen LogP contribution >= 0.6 is 0 Å². The molecule has 0 spiro atoms. The van der Waals surface area contributed by atoms with Gasteiger partial charge in [0, 0.05) is 11.4 Å². The van der Waals surface area contributed by atoms with E-state index in [4.69, 9.17) is 13.0 Å². The molecule has 1 aliphatic heterocycles. The van der Waals surface area contributed by atoms with Crippen LogP contribution in [0.2, 0.25) is 0 Å². The van der Waals surface area contributed by atoms with Gasteiger partial charge in [-0.2, -0.15) is 0 Å². The maximum Gasteiger partial charge on any atom is 0.338 e. The molecule has 2 heteroatoms. The predicted molar refractivity (Wildman–Crippen MR) is 80.4 cm³/mol. The minimum absolute atomic E-state index is 0.0250. The Bertz CT molecular complexity index is 809. The number of hydrogen-bond donors (Lipinski definition) is 0. The zero-order valence-electron chi connectivity index (χ0n) is 18.5. The topological polar surface area (TPSA) is 26.3 Å². The van der Waals surface area contributed by atoms with Crippen LogP contribution in [0.4, 0.5) is 0 Å². The highest BCUT2D eigenvalue weighted by molar-refractivity contribution is 5.93. The van der Waals surface area contributed by atoms with Crippen molar-refractivity contribution in [1.29, 1.82) is 0 Å². The van der Waals surface area contributed by atoms with Gasteiger partial charge in [-0.15, -0.1) is 0 Å². The smallest absolute Gasteiger partial charge is 0.338 e. The largest absolute Gasteiger partial charge is 0.461 e. The summed E-state index contributed by atoms with van der Waals surface area (Å²) >= 11 is 0. The van der Waals surface area contributed by atoms with Crippen LogP contribution in [0, 0.1) is 5.92 Å². The molecule has 0 radical (unpaired) electrons. The molecule has 2 aliphatic rings. The second kappa shape index (κ2) is 3.87. The molecule has 1 heterocycles. The van der Waals surface area contributed by atoms with Crippen molar-refractivity contribution < 1.29 is 17.8 Å². The molecule has 3 rings (SSSR count). The lowest BCUT2D eigenvalue weighted by Gasteiger charge is -2.32. The standard InChI is InChI=1S/C18H24O2/c1-10-9-20-16(19)13-8-15-14(7-12(10)13)17(3,4)11(2)18(15,5)6/h7-8,10-11H,9H2,1-6H3/i1D3,9D2,10D. The first-order valence-electron chi connectivity index (χ1n) is 9.92. The van der Waals surface area contributed by atoms with Crippen molar-refractivity contribution in [2.45, 2.75) is 58.2 Å². The van der Waals surface area contributed by atoms with E-state index in [-0.39, 0.29) is 27.9 Å².